The first-order valence-corrected chi connectivity index (χ1v) is 10.5. The van der Waals surface area contributed by atoms with E-state index in [1.165, 1.54) is 25.7 Å². The van der Waals surface area contributed by atoms with Gasteiger partial charge in [0.05, 0.1) is 11.8 Å². The van der Waals surface area contributed by atoms with Crippen LogP contribution in [-0.4, -0.2) is 73.4 Å². The molecule has 0 aromatic carbocycles. The number of aliphatic imine (C=N–C) groups is 1. The van der Waals surface area contributed by atoms with E-state index in [2.05, 4.69) is 32.2 Å². The molecular formula is C20H35N5O2. The van der Waals surface area contributed by atoms with Crippen LogP contribution in [0.15, 0.2) is 21.8 Å². The average molecular weight is 378 g/mol. The Morgan fingerprint density at radius 2 is 2.11 bits per heavy atom. The van der Waals surface area contributed by atoms with Crippen LogP contribution >= 0.6 is 0 Å². The lowest BCUT2D eigenvalue weighted by Crippen LogP contribution is -2.52. The molecule has 0 amide bonds. The minimum atomic E-state index is 0.391. The van der Waals surface area contributed by atoms with Gasteiger partial charge < -0.3 is 19.5 Å². The average Bonchev–Trinajstić information content (AvgIpc) is 3.39. The lowest BCUT2D eigenvalue weighted by atomic mass is 9.98. The molecule has 1 atom stereocenters. The van der Waals surface area contributed by atoms with Crippen molar-refractivity contribution in [3.8, 4) is 0 Å². The molecule has 1 saturated heterocycles. The number of hydrogen-bond acceptors (Lipinski definition) is 5. The van der Waals surface area contributed by atoms with Crippen LogP contribution in [-0.2, 0) is 11.3 Å². The maximum atomic E-state index is 6.04. The summed E-state index contributed by atoms with van der Waals surface area (Å²) in [5.41, 5.74) is 1.000. The first-order chi connectivity index (χ1) is 13.3. The third kappa shape index (κ3) is 5.94. The van der Waals surface area contributed by atoms with Crippen LogP contribution in [0.25, 0.3) is 0 Å². The Morgan fingerprint density at radius 1 is 1.33 bits per heavy atom. The van der Waals surface area contributed by atoms with E-state index in [-0.39, 0.29) is 0 Å². The fourth-order valence-electron chi connectivity index (χ4n) is 4.32. The van der Waals surface area contributed by atoms with Gasteiger partial charge in [-0.1, -0.05) is 18.0 Å². The van der Waals surface area contributed by atoms with Crippen molar-refractivity contribution >= 4 is 5.96 Å². The lowest BCUT2D eigenvalue weighted by Gasteiger charge is -2.36. The molecular weight excluding hydrogens is 342 g/mol. The van der Waals surface area contributed by atoms with E-state index in [1.807, 2.05) is 13.1 Å². The maximum Gasteiger partial charge on any atom is 0.193 e. The second-order valence-electron chi connectivity index (χ2n) is 7.55. The molecule has 7 nitrogen and oxygen atoms in total. The molecule has 0 radical (unpaired) electrons. The molecule has 2 fully saturated rings. The van der Waals surface area contributed by atoms with Crippen molar-refractivity contribution in [2.24, 2.45) is 10.9 Å². The van der Waals surface area contributed by atoms with Crippen LogP contribution < -0.4 is 5.32 Å². The van der Waals surface area contributed by atoms with Gasteiger partial charge in [-0.15, -0.1) is 0 Å². The van der Waals surface area contributed by atoms with Crippen LogP contribution in [0.3, 0.4) is 0 Å². The first kappa shape index (κ1) is 20.1. The number of hydrogen-bond donors (Lipinski definition) is 1. The molecule has 1 aromatic heterocycles. The molecule has 1 saturated carbocycles. The summed E-state index contributed by atoms with van der Waals surface area (Å²) < 4.78 is 11.0. The second kappa shape index (κ2) is 10.7. The Bertz CT molecular complexity index is 549. The molecule has 0 spiro atoms. The van der Waals surface area contributed by atoms with Gasteiger partial charge in [-0.05, 0) is 32.1 Å². The van der Waals surface area contributed by atoms with E-state index in [1.54, 1.807) is 6.26 Å². The molecule has 1 aliphatic carbocycles. The highest BCUT2D eigenvalue weighted by molar-refractivity contribution is 5.79. The summed E-state index contributed by atoms with van der Waals surface area (Å²) in [5, 5.41) is 7.57. The molecule has 0 bridgehead atoms. The normalized spacial score (nSPS) is 21.0. The van der Waals surface area contributed by atoms with Crippen LogP contribution in [0, 0.1) is 5.92 Å². The van der Waals surface area contributed by atoms with Gasteiger partial charge in [0.1, 0.15) is 6.26 Å². The highest BCUT2D eigenvalue weighted by atomic mass is 16.5. The van der Waals surface area contributed by atoms with E-state index in [0.717, 1.165) is 69.9 Å². The van der Waals surface area contributed by atoms with E-state index in [0.29, 0.717) is 6.10 Å². The Kier molecular flexibility index (Phi) is 7.95. The number of piperazine rings is 1. The van der Waals surface area contributed by atoms with Gasteiger partial charge in [0, 0.05) is 59.0 Å². The molecule has 1 N–H and O–H groups in total. The van der Waals surface area contributed by atoms with E-state index in [4.69, 9.17) is 9.26 Å². The van der Waals surface area contributed by atoms with Crippen molar-refractivity contribution in [3.05, 3.63) is 18.0 Å². The summed E-state index contributed by atoms with van der Waals surface area (Å²) in [6.07, 6.45) is 8.47. The van der Waals surface area contributed by atoms with Crippen LogP contribution in [0.2, 0.25) is 0 Å². The van der Waals surface area contributed by atoms with Gasteiger partial charge in [0.25, 0.3) is 0 Å². The van der Waals surface area contributed by atoms with Gasteiger partial charge in [0.15, 0.2) is 5.96 Å². The molecule has 3 rings (SSSR count). The smallest absolute Gasteiger partial charge is 0.193 e. The Morgan fingerprint density at radius 3 is 2.74 bits per heavy atom. The molecule has 2 aliphatic rings. The number of aromatic nitrogens is 1. The predicted octanol–water partition coefficient (Wildman–Crippen LogP) is 2.35. The number of nitrogens with one attached hydrogen (secondary N) is 1. The van der Waals surface area contributed by atoms with Gasteiger partial charge in [0.2, 0.25) is 0 Å². The van der Waals surface area contributed by atoms with Crippen molar-refractivity contribution in [2.75, 3.05) is 46.4 Å². The van der Waals surface area contributed by atoms with Gasteiger partial charge in [-0.2, -0.15) is 0 Å². The summed E-state index contributed by atoms with van der Waals surface area (Å²) in [6, 6.07) is 1.94. The highest BCUT2D eigenvalue weighted by Gasteiger charge is 2.25. The summed E-state index contributed by atoms with van der Waals surface area (Å²) in [4.78, 5) is 9.26. The molecule has 7 heteroatoms. The monoisotopic (exact) mass is 377 g/mol. The molecule has 1 unspecified atom stereocenters. The molecule has 1 aromatic rings. The van der Waals surface area contributed by atoms with E-state index < -0.39 is 0 Å². The summed E-state index contributed by atoms with van der Waals surface area (Å²) in [5.74, 6) is 1.76. The van der Waals surface area contributed by atoms with Crippen molar-refractivity contribution in [2.45, 2.75) is 51.7 Å². The van der Waals surface area contributed by atoms with Crippen molar-refractivity contribution < 1.29 is 9.26 Å². The lowest BCUT2D eigenvalue weighted by molar-refractivity contribution is 0.0168. The topological polar surface area (TPSA) is 66.1 Å². The van der Waals surface area contributed by atoms with Gasteiger partial charge >= 0.3 is 0 Å². The molecule has 1 aliphatic heterocycles. The summed E-state index contributed by atoms with van der Waals surface area (Å²) >= 11 is 0. The maximum absolute atomic E-state index is 6.04. The number of guanidine groups is 1. The fourth-order valence-corrected chi connectivity index (χ4v) is 4.32. The minimum Gasteiger partial charge on any atom is -0.378 e. The van der Waals surface area contributed by atoms with Gasteiger partial charge in [-0.3, -0.25) is 9.89 Å². The Labute approximate surface area is 163 Å². The SMILES string of the molecule is CCOC(CCNC(=NC)N1CCN(Cc2ccon2)CC1)C1CCCC1. The summed E-state index contributed by atoms with van der Waals surface area (Å²) in [7, 11) is 1.88. The predicted molar refractivity (Wildman–Crippen MR) is 107 cm³/mol. The number of rotatable bonds is 8. The second-order valence-corrected chi connectivity index (χ2v) is 7.55. The number of nitrogens with zero attached hydrogens (tertiary/aromatic N) is 4. The zero-order chi connectivity index (χ0) is 18.9. The third-order valence-electron chi connectivity index (χ3n) is 5.78. The quantitative estimate of drug-likeness (QED) is 0.554. The minimum absolute atomic E-state index is 0.391. The van der Waals surface area contributed by atoms with Crippen molar-refractivity contribution in [1.82, 2.24) is 20.3 Å². The van der Waals surface area contributed by atoms with Crippen LogP contribution in [0.4, 0.5) is 0 Å². The summed E-state index contributed by atoms with van der Waals surface area (Å²) in [6.45, 7) is 8.68. The van der Waals surface area contributed by atoms with Crippen LogP contribution in [0.5, 0.6) is 0 Å². The zero-order valence-electron chi connectivity index (χ0n) is 16.9. The Balaban J connectivity index is 1.40. The standard InChI is InChI=1S/C20H35N5O2/c1-3-26-19(17-6-4-5-7-17)8-10-22-20(21-2)25-13-11-24(12-14-25)16-18-9-15-27-23-18/h9,15,17,19H,3-8,10-14,16H2,1-2H3,(H,21,22). The molecule has 152 valence electrons. The highest BCUT2D eigenvalue weighted by Crippen LogP contribution is 2.30. The third-order valence-corrected chi connectivity index (χ3v) is 5.78. The fraction of sp³-hybridized carbons (Fsp3) is 0.800. The molecule has 2 heterocycles. The Hall–Kier alpha value is -1.60. The van der Waals surface area contributed by atoms with Crippen molar-refractivity contribution in [1.29, 1.82) is 0 Å². The first-order valence-electron chi connectivity index (χ1n) is 10.5. The van der Waals surface area contributed by atoms with Gasteiger partial charge in [-0.25, -0.2) is 0 Å². The zero-order valence-corrected chi connectivity index (χ0v) is 16.9. The van der Waals surface area contributed by atoms with Crippen LogP contribution in [0.1, 0.15) is 44.7 Å². The van der Waals surface area contributed by atoms with E-state index >= 15 is 0 Å². The van der Waals surface area contributed by atoms with E-state index in [9.17, 15) is 0 Å². The van der Waals surface area contributed by atoms with Crippen molar-refractivity contribution in [3.63, 3.8) is 0 Å². The number of ether oxygens (including phenoxy) is 1. The largest absolute Gasteiger partial charge is 0.378 e. The molecule has 27 heavy (non-hydrogen) atoms.